The Morgan fingerprint density at radius 2 is 1.96 bits per heavy atom. The lowest BCUT2D eigenvalue weighted by atomic mass is 10.2. The van der Waals surface area contributed by atoms with Gasteiger partial charge in [0, 0.05) is 25.5 Å². The molecule has 0 atom stereocenters. The number of benzene rings is 1. The number of rotatable bonds is 5. The number of nitrogens with one attached hydrogen (secondary N) is 1. The van der Waals surface area contributed by atoms with Crippen molar-refractivity contribution in [2.45, 2.75) is 24.2 Å². The Labute approximate surface area is 152 Å². The fourth-order valence-electron chi connectivity index (χ4n) is 2.80. The Morgan fingerprint density at radius 3 is 2.62 bits per heavy atom. The summed E-state index contributed by atoms with van der Waals surface area (Å²) in [6.07, 6.45) is 6.94. The van der Waals surface area contributed by atoms with Crippen molar-refractivity contribution in [3.63, 3.8) is 0 Å². The number of sulfonamides is 1. The van der Waals surface area contributed by atoms with Gasteiger partial charge in [0.15, 0.2) is 0 Å². The molecule has 0 bridgehead atoms. The molecule has 26 heavy (non-hydrogen) atoms. The van der Waals surface area contributed by atoms with Crippen LogP contribution in [0.25, 0.3) is 0 Å². The van der Waals surface area contributed by atoms with Crippen LogP contribution < -0.4 is 10.1 Å². The third-order valence-electron chi connectivity index (χ3n) is 4.17. The zero-order valence-corrected chi connectivity index (χ0v) is 15.2. The lowest BCUT2D eigenvalue weighted by Crippen LogP contribution is -2.35. The van der Waals surface area contributed by atoms with Gasteiger partial charge < -0.3 is 10.1 Å². The Hall–Kier alpha value is -2.52. The van der Waals surface area contributed by atoms with Gasteiger partial charge in [0.25, 0.3) is 5.91 Å². The van der Waals surface area contributed by atoms with Crippen LogP contribution in [0, 0.1) is 0 Å². The molecule has 2 heterocycles. The summed E-state index contributed by atoms with van der Waals surface area (Å²) in [4.78, 5) is 20.2. The lowest BCUT2D eigenvalue weighted by Gasteiger charge is -2.26. The van der Waals surface area contributed by atoms with Crippen LogP contribution in [0.5, 0.6) is 5.75 Å². The summed E-state index contributed by atoms with van der Waals surface area (Å²) in [6.45, 7) is 1.02. The molecule has 0 radical (unpaired) electrons. The van der Waals surface area contributed by atoms with E-state index in [4.69, 9.17) is 4.74 Å². The SMILES string of the molecule is COc1ccc(S(=O)(=O)N2CCCCC2)cc1NC(=O)c1cnccn1. The van der Waals surface area contributed by atoms with E-state index in [0.717, 1.165) is 19.3 Å². The Bertz CT molecular complexity index is 881. The highest BCUT2D eigenvalue weighted by Crippen LogP contribution is 2.30. The second-order valence-electron chi connectivity index (χ2n) is 5.87. The number of hydrogen-bond acceptors (Lipinski definition) is 6. The highest BCUT2D eigenvalue weighted by Gasteiger charge is 2.27. The number of methoxy groups -OCH3 is 1. The van der Waals surface area contributed by atoms with Gasteiger partial charge in [-0.25, -0.2) is 13.4 Å². The van der Waals surface area contributed by atoms with Crippen molar-refractivity contribution in [1.29, 1.82) is 0 Å². The van der Waals surface area contributed by atoms with Crippen molar-refractivity contribution in [2.75, 3.05) is 25.5 Å². The average Bonchev–Trinajstić information content (AvgIpc) is 2.69. The van der Waals surface area contributed by atoms with E-state index in [1.807, 2.05) is 0 Å². The molecule has 1 aliphatic heterocycles. The number of carbonyl (C=O) groups is 1. The third kappa shape index (κ3) is 3.83. The Kier molecular flexibility index (Phi) is 5.48. The molecule has 0 aliphatic carbocycles. The zero-order chi connectivity index (χ0) is 18.6. The molecule has 1 aliphatic rings. The molecule has 1 aromatic carbocycles. The first kappa shape index (κ1) is 18.3. The maximum absolute atomic E-state index is 12.8. The zero-order valence-electron chi connectivity index (χ0n) is 14.4. The molecule has 2 aromatic rings. The van der Waals surface area contributed by atoms with Gasteiger partial charge in [-0.1, -0.05) is 6.42 Å². The van der Waals surface area contributed by atoms with Gasteiger partial charge >= 0.3 is 0 Å². The van der Waals surface area contributed by atoms with Crippen LogP contribution in [0.4, 0.5) is 5.69 Å². The standard InChI is InChI=1S/C17H20N4O4S/c1-25-16-6-5-13(26(23,24)21-9-3-2-4-10-21)11-14(16)20-17(22)15-12-18-7-8-19-15/h5-8,11-12H,2-4,9-10H2,1H3,(H,20,22). The molecule has 138 valence electrons. The summed E-state index contributed by atoms with van der Waals surface area (Å²) >= 11 is 0. The van der Waals surface area contributed by atoms with E-state index in [1.54, 1.807) is 0 Å². The molecule has 0 spiro atoms. The molecular formula is C17H20N4O4S. The number of amides is 1. The van der Waals surface area contributed by atoms with Crippen molar-refractivity contribution >= 4 is 21.6 Å². The van der Waals surface area contributed by atoms with Gasteiger partial charge in [0.05, 0.1) is 23.9 Å². The van der Waals surface area contributed by atoms with Crippen molar-refractivity contribution in [2.24, 2.45) is 0 Å². The molecule has 1 amide bonds. The van der Waals surface area contributed by atoms with Gasteiger partial charge in [-0.15, -0.1) is 0 Å². The normalized spacial score (nSPS) is 15.4. The minimum absolute atomic E-state index is 0.120. The minimum Gasteiger partial charge on any atom is -0.495 e. The fraction of sp³-hybridized carbons (Fsp3) is 0.353. The molecule has 1 saturated heterocycles. The highest BCUT2D eigenvalue weighted by molar-refractivity contribution is 7.89. The number of aromatic nitrogens is 2. The van der Waals surface area contributed by atoms with E-state index >= 15 is 0 Å². The van der Waals surface area contributed by atoms with Crippen LogP contribution in [0.1, 0.15) is 29.8 Å². The van der Waals surface area contributed by atoms with E-state index in [2.05, 4.69) is 15.3 Å². The van der Waals surface area contributed by atoms with E-state index in [-0.39, 0.29) is 16.3 Å². The van der Waals surface area contributed by atoms with Crippen LogP contribution in [0.3, 0.4) is 0 Å². The summed E-state index contributed by atoms with van der Waals surface area (Å²) < 4.78 is 32.4. The van der Waals surface area contributed by atoms with E-state index in [1.165, 1.54) is 48.2 Å². The van der Waals surface area contributed by atoms with Gasteiger partial charge in [0.1, 0.15) is 11.4 Å². The number of hydrogen-bond donors (Lipinski definition) is 1. The number of ether oxygens (including phenoxy) is 1. The van der Waals surface area contributed by atoms with Gasteiger partial charge in [-0.2, -0.15) is 4.31 Å². The van der Waals surface area contributed by atoms with Crippen LogP contribution in [0.2, 0.25) is 0 Å². The number of piperidine rings is 1. The van der Waals surface area contributed by atoms with Crippen LogP contribution >= 0.6 is 0 Å². The van der Waals surface area contributed by atoms with Crippen molar-refractivity contribution in [3.8, 4) is 5.75 Å². The molecule has 0 unspecified atom stereocenters. The molecule has 8 nitrogen and oxygen atoms in total. The number of carbonyl (C=O) groups excluding carboxylic acids is 1. The average molecular weight is 376 g/mol. The summed E-state index contributed by atoms with van der Waals surface area (Å²) in [5.41, 5.74) is 0.389. The van der Waals surface area contributed by atoms with Crippen molar-refractivity contribution in [1.82, 2.24) is 14.3 Å². The molecule has 1 N–H and O–H groups in total. The topological polar surface area (TPSA) is 101 Å². The number of anilines is 1. The first-order valence-electron chi connectivity index (χ1n) is 8.28. The summed E-state index contributed by atoms with van der Waals surface area (Å²) in [5, 5.41) is 2.64. The second-order valence-corrected chi connectivity index (χ2v) is 7.81. The van der Waals surface area contributed by atoms with E-state index in [9.17, 15) is 13.2 Å². The van der Waals surface area contributed by atoms with Crippen LogP contribution in [-0.4, -0.2) is 48.8 Å². The minimum atomic E-state index is -3.61. The molecule has 1 aromatic heterocycles. The third-order valence-corrected chi connectivity index (χ3v) is 6.06. The highest BCUT2D eigenvalue weighted by atomic mass is 32.2. The van der Waals surface area contributed by atoms with Gasteiger partial charge in [-0.3, -0.25) is 9.78 Å². The van der Waals surface area contributed by atoms with Gasteiger partial charge in [-0.05, 0) is 31.0 Å². The van der Waals surface area contributed by atoms with E-state index in [0.29, 0.717) is 18.8 Å². The maximum Gasteiger partial charge on any atom is 0.275 e. The van der Waals surface area contributed by atoms with Crippen molar-refractivity contribution in [3.05, 3.63) is 42.5 Å². The van der Waals surface area contributed by atoms with Crippen LogP contribution in [-0.2, 0) is 10.0 Å². The molecule has 9 heteroatoms. The monoisotopic (exact) mass is 376 g/mol. The molecule has 3 rings (SSSR count). The predicted octanol–water partition coefficient (Wildman–Crippen LogP) is 1.91. The Balaban J connectivity index is 1.90. The molecule has 0 saturated carbocycles. The maximum atomic E-state index is 12.8. The lowest BCUT2D eigenvalue weighted by molar-refractivity contribution is 0.102. The largest absolute Gasteiger partial charge is 0.495 e. The summed E-state index contributed by atoms with van der Waals surface area (Å²) in [7, 11) is -2.16. The summed E-state index contributed by atoms with van der Waals surface area (Å²) in [5.74, 6) is -0.135. The summed E-state index contributed by atoms with van der Waals surface area (Å²) in [6, 6.07) is 4.43. The second kappa shape index (κ2) is 7.79. The smallest absolute Gasteiger partial charge is 0.275 e. The van der Waals surface area contributed by atoms with Gasteiger partial charge in [0.2, 0.25) is 10.0 Å². The quantitative estimate of drug-likeness (QED) is 0.855. The predicted molar refractivity (Wildman–Crippen MR) is 95.6 cm³/mol. The van der Waals surface area contributed by atoms with E-state index < -0.39 is 15.9 Å². The fourth-order valence-corrected chi connectivity index (χ4v) is 4.35. The first-order valence-corrected chi connectivity index (χ1v) is 9.72. The van der Waals surface area contributed by atoms with Crippen molar-refractivity contribution < 1.29 is 17.9 Å². The molecule has 1 fully saturated rings. The molecular weight excluding hydrogens is 356 g/mol. The Morgan fingerprint density at radius 1 is 1.19 bits per heavy atom. The van der Waals surface area contributed by atoms with Crippen LogP contribution in [0.15, 0.2) is 41.7 Å². The number of nitrogens with zero attached hydrogens (tertiary/aromatic N) is 3. The first-order chi connectivity index (χ1) is 12.5.